The van der Waals surface area contributed by atoms with Crippen LogP contribution >= 0.6 is 0 Å². The van der Waals surface area contributed by atoms with Gasteiger partial charge in [-0.05, 0) is 66.1 Å². The summed E-state index contributed by atoms with van der Waals surface area (Å²) in [6, 6.07) is 29.0. The van der Waals surface area contributed by atoms with E-state index >= 15 is 0 Å². The number of hydrazone groups is 1. The first-order valence-corrected chi connectivity index (χ1v) is 15.4. The van der Waals surface area contributed by atoms with E-state index in [2.05, 4.69) is 15.8 Å². The second kappa shape index (κ2) is 15.9. The van der Waals surface area contributed by atoms with Crippen molar-refractivity contribution < 1.29 is 32.2 Å². The Balaban J connectivity index is 1.35. The Morgan fingerprint density at radius 3 is 2.16 bits per heavy atom. The summed E-state index contributed by atoms with van der Waals surface area (Å²) in [4.78, 5) is 25.0. The lowest BCUT2D eigenvalue weighted by Crippen LogP contribution is -2.39. The lowest BCUT2D eigenvalue weighted by Gasteiger charge is -2.25. The van der Waals surface area contributed by atoms with E-state index in [-0.39, 0.29) is 28.8 Å². The number of sulfonamides is 1. The highest BCUT2D eigenvalue weighted by Gasteiger charge is 2.29. The largest absolute Gasteiger partial charge is 0.497 e. The van der Waals surface area contributed by atoms with Crippen LogP contribution in [0, 0.1) is 0 Å². The summed E-state index contributed by atoms with van der Waals surface area (Å²) in [5.41, 5.74) is 4.28. The van der Waals surface area contributed by atoms with Gasteiger partial charge >= 0.3 is 0 Å². The molecular weight excluding hydrogens is 596 g/mol. The molecule has 4 aromatic rings. The maximum atomic E-state index is 13.6. The van der Waals surface area contributed by atoms with Gasteiger partial charge in [0.15, 0.2) is 6.61 Å². The number of anilines is 1. The summed E-state index contributed by atoms with van der Waals surface area (Å²) in [6.45, 7) is -0.201. The van der Waals surface area contributed by atoms with Crippen molar-refractivity contribution in [2.24, 2.45) is 5.10 Å². The summed E-state index contributed by atoms with van der Waals surface area (Å²) in [5.74, 6) is 0.193. The fourth-order valence-corrected chi connectivity index (χ4v) is 5.64. The molecule has 234 valence electrons. The van der Waals surface area contributed by atoms with Crippen LogP contribution in [0.3, 0.4) is 0 Å². The Labute approximate surface area is 262 Å². The zero-order valence-corrected chi connectivity index (χ0v) is 25.7. The van der Waals surface area contributed by atoms with Crippen LogP contribution in [0.5, 0.6) is 17.2 Å². The van der Waals surface area contributed by atoms with E-state index in [0.29, 0.717) is 23.6 Å². The number of carbonyl (C=O) groups excluding carboxylic acids is 2. The predicted octanol–water partition coefficient (Wildman–Crippen LogP) is 3.79. The first kappa shape index (κ1) is 32.6. The number of methoxy groups -OCH3 is 2. The molecule has 0 aliphatic carbocycles. The number of ether oxygens (including phenoxy) is 3. The van der Waals surface area contributed by atoms with Gasteiger partial charge in [0.25, 0.3) is 21.8 Å². The van der Waals surface area contributed by atoms with Gasteiger partial charge in [0, 0.05) is 12.6 Å². The van der Waals surface area contributed by atoms with E-state index in [9.17, 15) is 18.0 Å². The Bertz CT molecular complexity index is 1700. The molecule has 12 heteroatoms. The van der Waals surface area contributed by atoms with Crippen molar-refractivity contribution in [2.45, 2.75) is 11.3 Å². The Morgan fingerprint density at radius 2 is 1.49 bits per heavy atom. The molecule has 0 fully saturated rings. The molecule has 0 spiro atoms. The highest BCUT2D eigenvalue weighted by Crippen LogP contribution is 2.35. The van der Waals surface area contributed by atoms with E-state index in [4.69, 9.17) is 14.2 Å². The van der Waals surface area contributed by atoms with E-state index in [1.165, 1.54) is 38.6 Å². The quantitative estimate of drug-likeness (QED) is 0.151. The van der Waals surface area contributed by atoms with Crippen molar-refractivity contribution >= 4 is 33.7 Å². The van der Waals surface area contributed by atoms with Crippen molar-refractivity contribution in [1.29, 1.82) is 0 Å². The molecule has 0 aliphatic heterocycles. The van der Waals surface area contributed by atoms with Crippen molar-refractivity contribution in [3.63, 3.8) is 0 Å². The summed E-state index contributed by atoms with van der Waals surface area (Å²) in [5, 5.41) is 6.80. The van der Waals surface area contributed by atoms with Gasteiger partial charge in [0.05, 0.1) is 31.0 Å². The summed E-state index contributed by atoms with van der Waals surface area (Å²) >= 11 is 0. The zero-order chi connectivity index (χ0) is 32.1. The normalized spacial score (nSPS) is 11.1. The molecule has 2 N–H and O–H groups in total. The van der Waals surface area contributed by atoms with E-state index in [1.807, 2.05) is 30.3 Å². The topological polar surface area (TPSA) is 136 Å². The highest BCUT2D eigenvalue weighted by atomic mass is 32.2. The number of benzene rings is 4. The molecule has 0 saturated heterocycles. The Kier molecular flexibility index (Phi) is 11.5. The predicted molar refractivity (Wildman–Crippen MR) is 171 cm³/mol. The molecule has 0 aliphatic rings. The molecule has 0 saturated carbocycles. The van der Waals surface area contributed by atoms with Gasteiger partial charge in [-0.3, -0.25) is 13.9 Å². The first-order valence-electron chi connectivity index (χ1n) is 14.0. The molecule has 0 heterocycles. The first-order chi connectivity index (χ1) is 21.8. The fourth-order valence-electron chi connectivity index (χ4n) is 4.20. The van der Waals surface area contributed by atoms with Gasteiger partial charge in [0.2, 0.25) is 0 Å². The molecule has 4 rings (SSSR count). The van der Waals surface area contributed by atoms with Crippen LogP contribution in [0.1, 0.15) is 11.1 Å². The molecule has 0 unspecified atom stereocenters. The number of hydrogen-bond donors (Lipinski definition) is 2. The average molecular weight is 631 g/mol. The number of hydrogen-bond acceptors (Lipinski definition) is 8. The minimum atomic E-state index is -4.18. The number of nitrogens with one attached hydrogen (secondary N) is 2. The lowest BCUT2D eigenvalue weighted by atomic mass is 10.1. The van der Waals surface area contributed by atoms with E-state index in [1.54, 1.807) is 54.6 Å². The van der Waals surface area contributed by atoms with Gasteiger partial charge in [-0.15, -0.1) is 0 Å². The maximum absolute atomic E-state index is 13.6. The summed E-state index contributed by atoms with van der Waals surface area (Å²) < 4.78 is 44.5. The van der Waals surface area contributed by atoms with Crippen molar-refractivity contribution in [3.8, 4) is 17.2 Å². The van der Waals surface area contributed by atoms with Crippen LogP contribution in [-0.2, 0) is 26.0 Å². The molecule has 4 aromatic carbocycles. The molecular formula is C33H34N4O7S. The second-order valence-electron chi connectivity index (χ2n) is 9.60. The molecule has 0 atom stereocenters. The number of carbonyl (C=O) groups is 2. The van der Waals surface area contributed by atoms with Gasteiger partial charge in [-0.1, -0.05) is 48.5 Å². The van der Waals surface area contributed by atoms with E-state index < -0.39 is 22.5 Å². The van der Waals surface area contributed by atoms with E-state index in [0.717, 1.165) is 16.3 Å². The van der Waals surface area contributed by atoms with Crippen molar-refractivity contribution in [3.05, 3.63) is 114 Å². The second-order valence-corrected chi connectivity index (χ2v) is 11.5. The number of amides is 2. The zero-order valence-electron chi connectivity index (χ0n) is 24.9. The van der Waals surface area contributed by atoms with Gasteiger partial charge < -0.3 is 19.5 Å². The molecule has 2 amide bonds. The minimum Gasteiger partial charge on any atom is -0.497 e. The molecule has 45 heavy (non-hydrogen) atoms. The maximum Gasteiger partial charge on any atom is 0.264 e. The van der Waals surface area contributed by atoms with Gasteiger partial charge in [-0.2, -0.15) is 5.10 Å². The van der Waals surface area contributed by atoms with Crippen LogP contribution in [0.25, 0.3) is 0 Å². The molecule has 11 nitrogen and oxygen atoms in total. The van der Waals surface area contributed by atoms with Crippen LogP contribution < -0.4 is 29.3 Å². The smallest absolute Gasteiger partial charge is 0.264 e. The van der Waals surface area contributed by atoms with Gasteiger partial charge in [0.1, 0.15) is 23.8 Å². The monoisotopic (exact) mass is 630 g/mol. The van der Waals surface area contributed by atoms with Crippen LogP contribution in [0.15, 0.2) is 113 Å². The molecule has 0 radical (unpaired) electrons. The fraction of sp³-hybridized carbons (Fsp3) is 0.182. The van der Waals surface area contributed by atoms with Crippen molar-refractivity contribution in [1.82, 2.24) is 10.7 Å². The summed E-state index contributed by atoms with van der Waals surface area (Å²) in [6.07, 6.45) is 2.13. The lowest BCUT2D eigenvalue weighted by molar-refractivity contribution is -0.123. The summed E-state index contributed by atoms with van der Waals surface area (Å²) in [7, 11) is -1.32. The average Bonchev–Trinajstić information content (AvgIpc) is 3.07. The highest BCUT2D eigenvalue weighted by molar-refractivity contribution is 7.92. The van der Waals surface area contributed by atoms with Gasteiger partial charge in [-0.25, -0.2) is 13.8 Å². The third kappa shape index (κ3) is 9.31. The third-order valence-electron chi connectivity index (χ3n) is 6.50. The van der Waals surface area contributed by atoms with Crippen LogP contribution in [0.4, 0.5) is 5.69 Å². The number of nitrogens with zero attached hydrogens (tertiary/aromatic N) is 2. The number of rotatable bonds is 15. The standard InChI is InChI=1S/C33H34N4O7S/c1-42-28-17-18-31(43-2)30(21-28)37(45(40,41)29-11-7-4-8-12-29)23-32(38)36-35-22-26-13-15-27(16-14-26)44-24-33(39)34-20-19-25-9-5-3-6-10-25/h3-18,21-22H,19-20,23-24H2,1-2H3,(H,34,39)(H,36,38)/b35-22-. The third-order valence-corrected chi connectivity index (χ3v) is 8.28. The minimum absolute atomic E-state index is 0.00171. The molecule has 0 bridgehead atoms. The molecule has 0 aromatic heterocycles. The Morgan fingerprint density at radius 1 is 0.822 bits per heavy atom. The van der Waals surface area contributed by atoms with Crippen molar-refractivity contribution in [2.75, 3.05) is 38.2 Å². The Hall–Kier alpha value is -5.36. The van der Waals surface area contributed by atoms with Crippen LogP contribution in [0.2, 0.25) is 0 Å². The van der Waals surface area contributed by atoms with Crippen LogP contribution in [-0.4, -0.2) is 60.4 Å². The SMILES string of the molecule is COc1ccc(OC)c(N(CC(=O)N/N=C\c2ccc(OCC(=O)NCCc3ccccc3)cc2)S(=O)(=O)c2ccccc2)c1.